The summed E-state index contributed by atoms with van der Waals surface area (Å²) in [5.74, 6) is 1.11. The number of fused-ring (bicyclic) bond motifs is 1. The van der Waals surface area contributed by atoms with E-state index < -0.39 is 0 Å². The van der Waals surface area contributed by atoms with Crippen molar-refractivity contribution < 1.29 is 4.79 Å². The van der Waals surface area contributed by atoms with Crippen LogP contribution >= 0.6 is 0 Å². The molecule has 1 aromatic rings. The van der Waals surface area contributed by atoms with E-state index in [1.165, 1.54) is 24.8 Å². The van der Waals surface area contributed by atoms with Gasteiger partial charge in [0.15, 0.2) is 0 Å². The third-order valence-electron chi connectivity index (χ3n) is 4.55. The average molecular weight is 243 g/mol. The van der Waals surface area contributed by atoms with Gasteiger partial charge in [-0.1, -0.05) is 37.3 Å². The Morgan fingerprint density at radius 2 is 1.94 bits per heavy atom. The molecule has 18 heavy (non-hydrogen) atoms. The summed E-state index contributed by atoms with van der Waals surface area (Å²) >= 11 is 0. The zero-order chi connectivity index (χ0) is 12.5. The molecular formula is C16H21NO. The molecule has 2 heteroatoms. The number of carbonyl (C=O) groups is 1. The molecule has 1 aromatic carbocycles. The minimum Gasteiger partial charge on any atom is -0.339 e. The van der Waals surface area contributed by atoms with E-state index in [2.05, 4.69) is 42.2 Å². The molecule has 0 bridgehead atoms. The number of amides is 1. The summed E-state index contributed by atoms with van der Waals surface area (Å²) < 4.78 is 0. The van der Waals surface area contributed by atoms with Crippen LogP contribution in [0.2, 0.25) is 0 Å². The fraction of sp³-hybridized carbons (Fsp3) is 0.562. The van der Waals surface area contributed by atoms with Crippen LogP contribution in [0.15, 0.2) is 30.3 Å². The van der Waals surface area contributed by atoms with Crippen LogP contribution in [0.25, 0.3) is 0 Å². The molecule has 2 nitrogen and oxygen atoms in total. The highest BCUT2D eigenvalue weighted by molar-refractivity contribution is 5.80. The van der Waals surface area contributed by atoms with Crippen molar-refractivity contribution in [2.45, 2.75) is 44.6 Å². The summed E-state index contributed by atoms with van der Waals surface area (Å²) in [5.41, 5.74) is 1.41. The molecule has 2 aliphatic rings. The van der Waals surface area contributed by atoms with Gasteiger partial charge in [-0.2, -0.15) is 0 Å². The van der Waals surface area contributed by atoms with Gasteiger partial charge < -0.3 is 4.90 Å². The second-order valence-electron chi connectivity index (χ2n) is 5.75. The molecule has 1 amide bonds. The van der Waals surface area contributed by atoms with E-state index in [-0.39, 0.29) is 5.92 Å². The highest BCUT2D eigenvalue weighted by Crippen LogP contribution is 2.39. The molecule has 0 saturated carbocycles. The first kappa shape index (κ1) is 11.8. The molecule has 0 N–H and O–H groups in total. The van der Waals surface area contributed by atoms with Gasteiger partial charge >= 0.3 is 0 Å². The predicted molar refractivity (Wildman–Crippen MR) is 72.3 cm³/mol. The fourth-order valence-electron chi connectivity index (χ4n) is 3.63. The van der Waals surface area contributed by atoms with Crippen LogP contribution in [0.4, 0.5) is 0 Å². The van der Waals surface area contributed by atoms with E-state index in [0.717, 1.165) is 13.0 Å². The van der Waals surface area contributed by atoms with E-state index in [1.807, 2.05) is 0 Å². The molecule has 3 atom stereocenters. The Hall–Kier alpha value is -1.31. The zero-order valence-electron chi connectivity index (χ0n) is 11.0. The van der Waals surface area contributed by atoms with Crippen molar-refractivity contribution in [1.29, 1.82) is 0 Å². The van der Waals surface area contributed by atoms with Crippen molar-refractivity contribution in [3.63, 3.8) is 0 Å². The smallest absolute Gasteiger partial charge is 0.225 e. The van der Waals surface area contributed by atoms with E-state index in [1.54, 1.807) is 0 Å². The molecule has 2 aliphatic heterocycles. The van der Waals surface area contributed by atoms with Gasteiger partial charge in [0.05, 0.1) is 0 Å². The van der Waals surface area contributed by atoms with E-state index in [4.69, 9.17) is 0 Å². The third-order valence-corrected chi connectivity index (χ3v) is 4.55. The Kier molecular flexibility index (Phi) is 3.11. The first-order valence-electron chi connectivity index (χ1n) is 7.13. The standard InChI is InChI=1S/C16H21NO/c1-12-11-14(13-7-3-2-4-8-13)15-9-5-6-10-17(15)16(12)18/h2-4,7-8,12,14-15H,5-6,9-11H2,1H3/t12-,14-,15-/m1/s1. The van der Waals surface area contributed by atoms with E-state index in [9.17, 15) is 4.79 Å². The van der Waals surface area contributed by atoms with Crippen molar-refractivity contribution in [3.05, 3.63) is 35.9 Å². The highest BCUT2D eigenvalue weighted by Gasteiger charge is 2.41. The second-order valence-corrected chi connectivity index (χ2v) is 5.75. The Labute approximate surface area is 109 Å². The summed E-state index contributed by atoms with van der Waals surface area (Å²) in [6, 6.07) is 11.2. The van der Waals surface area contributed by atoms with Crippen molar-refractivity contribution in [1.82, 2.24) is 4.90 Å². The summed E-state index contributed by atoms with van der Waals surface area (Å²) in [4.78, 5) is 14.4. The monoisotopic (exact) mass is 243 g/mol. The minimum atomic E-state index is 0.185. The number of hydrogen-bond acceptors (Lipinski definition) is 1. The number of rotatable bonds is 1. The lowest BCUT2D eigenvalue weighted by Gasteiger charge is -2.46. The molecule has 2 saturated heterocycles. The van der Waals surface area contributed by atoms with Crippen molar-refractivity contribution in [2.75, 3.05) is 6.54 Å². The van der Waals surface area contributed by atoms with Crippen LogP contribution in [0, 0.1) is 5.92 Å². The number of carbonyl (C=O) groups excluding carboxylic acids is 1. The summed E-state index contributed by atoms with van der Waals surface area (Å²) in [7, 11) is 0. The molecule has 0 aromatic heterocycles. The molecule has 0 aliphatic carbocycles. The van der Waals surface area contributed by atoms with Gasteiger partial charge in [-0.05, 0) is 31.2 Å². The Bertz CT molecular complexity index is 428. The first-order chi connectivity index (χ1) is 8.77. The van der Waals surface area contributed by atoms with Crippen LogP contribution < -0.4 is 0 Å². The van der Waals surface area contributed by atoms with Gasteiger partial charge in [0.1, 0.15) is 0 Å². The lowest BCUT2D eigenvalue weighted by Crippen LogP contribution is -2.53. The number of nitrogens with zero attached hydrogens (tertiary/aromatic N) is 1. The van der Waals surface area contributed by atoms with Crippen molar-refractivity contribution in [2.24, 2.45) is 5.92 Å². The van der Waals surface area contributed by atoms with Gasteiger partial charge in [0.2, 0.25) is 5.91 Å². The largest absolute Gasteiger partial charge is 0.339 e. The molecule has 0 spiro atoms. The maximum atomic E-state index is 12.3. The number of hydrogen-bond donors (Lipinski definition) is 0. The Morgan fingerprint density at radius 3 is 2.72 bits per heavy atom. The summed E-state index contributed by atoms with van der Waals surface area (Å²) in [5, 5.41) is 0. The van der Waals surface area contributed by atoms with E-state index in [0.29, 0.717) is 17.9 Å². The minimum absolute atomic E-state index is 0.185. The van der Waals surface area contributed by atoms with Crippen molar-refractivity contribution in [3.8, 4) is 0 Å². The van der Waals surface area contributed by atoms with Crippen molar-refractivity contribution >= 4 is 5.91 Å². The third kappa shape index (κ3) is 1.94. The SMILES string of the molecule is C[C@@H]1C[C@H](c2ccccc2)[C@H]2CCCCN2C1=O. The molecule has 3 rings (SSSR count). The van der Waals surface area contributed by atoms with Gasteiger partial charge in [0, 0.05) is 24.4 Å². The van der Waals surface area contributed by atoms with Crippen LogP contribution in [-0.2, 0) is 4.79 Å². The average Bonchev–Trinajstić information content (AvgIpc) is 2.44. The number of benzene rings is 1. The van der Waals surface area contributed by atoms with Gasteiger partial charge in [-0.25, -0.2) is 0 Å². The van der Waals surface area contributed by atoms with Gasteiger partial charge in [0.25, 0.3) is 0 Å². The van der Waals surface area contributed by atoms with Crippen LogP contribution in [0.1, 0.15) is 44.1 Å². The van der Waals surface area contributed by atoms with Crippen LogP contribution in [-0.4, -0.2) is 23.4 Å². The summed E-state index contributed by atoms with van der Waals surface area (Å²) in [6.45, 7) is 3.06. The lowest BCUT2D eigenvalue weighted by atomic mass is 9.76. The normalized spacial score (nSPS) is 32.2. The maximum Gasteiger partial charge on any atom is 0.225 e. The lowest BCUT2D eigenvalue weighted by molar-refractivity contribution is -0.143. The first-order valence-corrected chi connectivity index (χ1v) is 7.13. The molecule has 2 fully saturated rings. The van der Waals surface area contributed by atoms with Crippen LogP contribution in [0.3, 0.4) is 0 Å². The molecule has 0 radical (unpaired) electrons. The summed E-state index contributed by atoms with van der Waals surface area (Å²) in [6.07, 6.45) is 4.64. The molecule has 2 heterocycles. The Balaban J connectivity index is 1.91. The quantitative estimate of drug-likeness (QED) is 0.741. The van der Waals surface area contributed by atoms with E-state index >= 15 is 0 Å². The number of piperidine rings is 2. The van der Waals surface area contributed by atoms with Crippen LogP contribution in [0.5, 0.6) is 0 Å². The fourth-order valence-corrected chi connectivity index (χ4v) is 3.63. The maximum absolute atomic E-state index is 12.3. The highest BCUT2D eigenvalue weighted by atomic mass is 16.2. The Morgan fingerprint density at radius 1 is 1.17 bits per heavy atom. The topological polar surface area (TPSA) is 20.3 Å². The van der Waals surface area contributed by atoms with Gasteiger partial charge in [-0.15, -0.1) is 0 Å². The van der Waals surface area contributed by atoms with Gasteiger partial charge in [-0.3, -0.25) is 4.79 Å². The predicted octanol–water partition coefficient (Wildman–Crippen LogP) is 3.19. The molecule has 0 unspecified atom stereocenters. The molecular weight excluding hydrogens is 222 g/mol. The second kappa shape index (κ2) is 4.75. The molecule has 96 valence electrons. The zero-order valence-corrected chi connectivity index (χ0v) is 11.0.